The Bertz CT molecular complexity index is 97.6. The predicted octanol–water partition coefficient (Wildman–Crippen LogP) is 0.0486. The number of hydrogen-bond acceptors (Lipinski definition) is 3. The van der Waals surface area contributed by atoms with Crippen LogP contribution in [0.1, 0.15) is 20.8 Å². The van der Waals surface area contributed by atoms with Crippen molar-refractivity contribution in [2.45, 2.75) is 26.4 Å². The molecule has 0 aliphatic carbocycles. The minimum absolute atomic E-state index is 0.407. The summed E-state index contributed by atoms with van der Waals surface area (Å²) in [6.07, 6.45) is 0.408. The van der Waals surface area contributed by atoms with E-state index in [4.69, 9.17) is 10.7 Å². The molecule has 9 heavy (non-hydrogen) atoms. The molecule has 0 spiro atoms. The first-order valence-electron chi connectivity index (χ1n) is 2.64. The van der Waals surface area contributed by atoms with Crippen molar-refractivity contribution in [1.29, 1.82) is 0 Å². The first-order chi connectivity index (χ1) is 3.95. The number of carbonyl (C=O) groups excluding carboxylic acids is 1. The smallest absolute Gasteiger partial charge is 0.248 e. The summed E-state index contributed by atoms with van der Waals surface area (Å²) in [6, 6.07) is 0. The Labute approximate surface area is 54.5 Å². The van der Waals surface area contributed by atoms with E-state index in [1.807, 2.05) is 0 Å². The number of nitrogens with two attached hydrogens (primary N) is 1. The van der Waals surface area contributed by atoms with Gasteiger partial charge in [0, 0.05) is 0 Å². The third-order valence-corrected chi connectivity index (χ3v) is 0.483. The summed E-state index contributed by atoms with van der Waals surface area (Å²) in [6.45, 7) is 5.41. The van der Waals surface area contributed by atoms with Crippen molar-refractivity contribution in [3.05, 3.63) is 0 Å². The summed E-state index contributed by atoms with van der Waals surface area (Å²) in [5.41, 5.74) is -0.407. The summed E-state index contributed by atoms with van der Waals surface area (Å²) < 4.78 is 0. The molecular formula is C5H12N2O2. The Kier molecular flexibility index (Phi) is 2.61. The number of rotatable bonds is 2. The second-order valence-corrected chi connectivity index (χ2v) is 2.67. The summed E-state index contributed by atoms with van der Waals surface area (Å²) >= 11 is 0. The minimum atomic E-state index is -0.407. The van der Waals surface area contributed by atoms with E-state index in [1.54, 1.807) is 20.8 Å². The van der Waals surface area contributed by atoms with Gasteiger partial charge in [-0.25, -0.2) is 10.7 Å². The summed E-state index contributed by atoms with van der Waals surface area (Å²) in [4.78, 5) is 14.7. The number of hydroxylamine groups is 1. The van der Waals surface area contributed by atoms with Crippen LogP contribution in [0.25, 0.3) is 0 Å². The van der Waals surface area contributed by atoms with E-state index in [0.29, 0.717) is 11.6 Å². The van der Waals surface area contributed by atoms with Gasteiger partial charge < -0.3 is 0 Å². The fourth-order valence-corrected chi connectivity index (χ4v) is 0.338. The van der Waals surface area contributed by atoms with Crippen LogP contribution in [0.15, 0.2) is 0 Å². The van der Waals surface area contributed by atoms with Gasteiger partial charge in [-0.1, -0.05) is 0 Å². The monoisotopic (exact) mass is 132 g/mol. The number of nitrogens with zero attached hydrogens (tertiary/aromatic N) is 1. The maximum atomic E-state index is 9.86. The lowest BCUT2D eigenvalue weighted by molar-refractivity contribution is -0.218. The van der Waals surface area contributed by atoms with E-state index < -0.39 is 5.60 Å². The molecule has 0 bridgehead atoms. The standard InChI is InChI=1S/C5H12N2O2/c1-5(2,3)9-7(6)4-8/h4H,6H2,1-3H3. The van der Waals surface area contributed by atoms with E-state index in [1.165, 1.54) is 0 Å². The van der Waals surface area contributed by atoms with Crippen LogP contribution in [-0.4, -0.2) is 17.2 Å². The van der Waals surface area contributed by atoms with E-state index in [-0.39, 0.29) is 0 Å². The second kappa shape index (κ2) is 2.80. The molecule has 4 nitrogen and oxygen atoms in total. The van der Waals surface area contributed by atoms with Crippen LogP contribution in [0.3, 0.4) is 0 Å². The average molecular weight is 132 g/mol. The summed E-state index contributed by atoms with van der Waals surface area (Å²) in [5, 5.41) is 0.653. The summed E-state index contributed by atoms with van der Waals surface area (Å²) in [7, 11) is 0. The highest BCUT2D eigenvalue weighted by Crippen LogP contribution is 2.05. The molecule has 2 N–H and O–H groups in total. The Morgan fingerprint density at radius 2 is 2.00 bits per heavy atom. The molecule has 0 saturated heterocycles. The molecule has 0 radical (unpaired) electrons. The Morgan fingerprint density at radius 3 is 2.11 bits per heavy atom. The van der Waals surface area contributed by atoms with Gasteiger partial charge >= 0.3 is 0 Å². The lowest BCUT2D eigenvalue weighted by Crippen LogP contribution is -2.37. The van der Waals surface area contributed by atoms with Crippen LogP contribution in [0, 0.1) is 0 Å². The molecule has 0 aliphatic heterocycles. The van der Waals surface area contributed by atoms with Gasteiger partial charge in [-0.15, -0.1) is 0 Å². The first-order valence-corrected chi connectivity index (χ1v) is 2.64. The van der Waals surface area contributed by atoms with Crippen molar-refractivity contribution in [2.24, 2.45) is 5.84 Å². The van der Waals surface area contributed by atoms with Crippen LogP contribution in [0.5, 0.6) is 0 Å². The average Bonchev–Trinajstić information content (AvgIpc) is 1.62. The zero-order valence-electron chi connectivity index (χ0n) is 5.92. The molecule has 0 unspecified atom stereocenters. The van der Waals surface area contributed by atoms with E-state index in [9.17, 15) is 4.79 Å². The number of hydrazine groups is 1. The highest BCUT2D eigenvalue weighted by atomic mass is 16.7. The molecule has 0 rings (SSSR count). The van der Waals surface area contributed by atoms with Crippen molar-refractivity contribution in [1.82, 2.24) is 5.17 Å². The molecule has 0 saturated carbocycles. The lowest BCUT2D eigenvalue weighted by atomic mass is 10.2. The fraction of sp³-hybridized carbons (Fsp3) is 0.800. The van der Waals surface area contributed by atoms with E-state index in [0.717, 1.165) is 0 Å². The highest BCUT2D eigenvalue weighted by Gasteiger charge is 2.12. The minimum Gasteiger partial charge on any atom is -0.275 e. The molecular weight excluding hydrogens is 120 g/mol. The molecule has 0 aromatic carbocycles. The largest absolute Gasteiger partial charge is 0.275 e. The first kappa shape index (κ1) is 8.39. The van der Waals surface area contributed by atoms with Crippen LogP contribution >= 0.6 is 0 Å². The maximum Gasteiger partial charge on any atom is 0.248 e. The van der Waals surface area contributed by atoms with Crippen molar-refractivity contribution < 1.29 is 9.63 Å². The number of hydrogen-bond donors (Lipinski definition) is 1. The molecule has 0 aromatic heterocycles. The molecule has 0 heterocycles. The number of amides is 1. The predicted molar refractivity (Wildman–Crippen MR) is 32.9 cm³/mol. The molecule has 0 aliphatic rings. The topological polar surface area (TPSA) is 55.6 Å². The van der Waals surface area contributed by atoms with Crippen LogP contribution in [0.4, 0.5) is 0 Å². The van der Waals surface area contributed by atoms with Crippen molar-refractivity contribution in [3.63, 3.8) is 0 Å². The zero-order valence-corrected chi connectivity index (χ0v) is 5.92. The molecule has 0 aromatic rings. The SMILES string of the molecule is CC(C)(C)ON(N)C=O. The van der Waals surface area contributed by atoms with Crippen LogP contribution in [0.2, 0.25) is 0 Å². The molecule has 4 heteroatoms. The highest BCUT2D eigenvalue weighted by molar-refractivity contribution is 5.43. The van der Waals surface area contributed by atoms with Crippen molar-refractivity contribution >= 4 is 6.41 Å². The van der Waals surface area contributed by atoms with Crippen LogP contribution < -0.4 is 5.84 Å². The second-order valence-electron chi connectivity index (χ2n) is 2.67. The third kappa shape index (κ3) is 5.26. The fourth-order valence-electron chi connectivity index (χ4n) is 0.338. The normalized spacial score (nSPS) is 11.1. The van der Waals surface area contributed by atoms with Crippen LogP contribution in [-0.2, 0) is 9.63 Å². The molecule has 0 atom stereocenters. The van der Waals surface area contributed by atoms with Crippen molar-refractivity contribution in [3.8, 4) is 0 Å². The van der Waals surface area contributed by atoms with Gasteiger partial charge in [0.05, 0.1) is 5.60 Å². The Morgan fingerprint density at radius 1 is 1.56 bits per heavy atom. The molecule has 1 amide bonds. The van der Waals surface area contributed by atoms with Crippen molar-refractivity contribution in [2.75, 3.05) is 0 Å². The van der Waals surface area contributed by atoms with Gasteiger partial charge in [0.2, 0.25) is 6.41 Å². The van der Waals surface area contributed by atoms with Gasteiger partial charge in [0.15, 0.2) is 0 Å². The van der Waals surface area contributed by atoms with Gasteiger partial charge in [-0.2, -0.15) is 5.17 Å². The van der Waals surface area contributed by atoms with Gasteiger partial charge in [-0.3, -0.25) is 4.79 Å². The zero-order chi connectivity index (χ0) is 7.49. The number of carbonyl (C=O) groups is 1. The van der Waals surface area contributed by atoms with Gasteiger partial charge in [0.25, 0.3) is 0 Å². The van der Waals surface area contributed by atoms with E-state index in [2.05, 4.69) is 0 Å². The summed E-state index contributed by atoms with van der Waals surface area (Å²) in [5.74, 6) is 5.00. The Balaban J connectivity index is 3.59. The molecule has 54 valence electrons. The third-order valence-electron chi connectivity index (χ3n) is 0.483. The maximum absolute atomic E-state index is 9.86. The van der Waals surface area contributed by atoms with Gasteiger partial charge in [-0.05, 0) is 20.8 Å². The quantitative estimate of drug-likeness (QED) is 0.250. The van der Waals surface area contributed by atoms with Gasteiger partial charge in [0.1, 0.15) is 0 Å². The lowest BCUT2D eigenvalue weighted by Gasteiger charge is -2.22. The molecule has 0 fully saturated rings. The van der Waals surface area contributed by atoms with E-state index >= 15 is 0 Å². The Hall–Kier alpha value is -0.610.